The molecule has 1 aliphatic heterocycles. The van der Waals surface area contributed by atoms with Crippen molar-refractivity contribution in [2.24, 2.45) is 0 Å². The Bertz CT molecular complexity index is 871. The first-order chi connectivity index (χ1) is 13.0. The Hall–Kier alpha value is -2.96. The fourth-order valence-corrected chi connectivity index (χ4v) is 3.21. The first-order valence-electron chi connectivity index (χ1n) is 8.96. The summed E-state index contributed by atoms with van der Waals surface area (Å²) in [6.07, 6.45) is 0.594. The van der Waals surface area contributed by atoms with E-state index in [-0.39, 0.29) is 11.9 Å². The second-order valence-corrected chi connectivity index (χ2v) is 6.42. The molecule has 27 heavy (non-hydrogen) atoms. The van der Waals surface area contributed by atoms with Gasteiger partial charge in [-0.15, -0.1) is 0 Å². The average molecular weight is 372 g/mol. The van der Waals surface area contributed by atoms with Crippen LogP contribution >= 0.6 is 0 Å². The number of carbonyl (C=O) groups is 2. The molecule has 3 rings (SSSR count). The molecule has 2 heterocycles. The van der Waals surface area contributed by atoms with E-state index in [2.05, 4.69) is 10.3 Å². The number of methoxy groups -OCH3 is 1. The van der Waals surface area contributed by atoms with E-state index in [0.717, 1.165) is 5.56 Å². The number of carbonyl (C=O) groups excluding carboxylic acids is 2. The molecule has 2 N–H and O–H groups in total. The Kier molecular flexibility index (Phi) is 5.39. The van der Waals surface area contributed by atoms with Gasteiger partial charge in [0, 0.05) is 5.69 Å². The molecule has 0 spiro atoms. The molecule has 7 heteroatoms. The second-order valence-electron chi connectivity index (χ2n) is 6.42. The number of amides is 1. The maximum absolute atomic E-state index is 12.8. The van der Waals surface area contributed by atoms with Gasteiger partial charge in [-0.1, -0.05) is 13.0 Å². The number of benzene rings is 1. The Morgan fingerprint density at radius 1 is 1.26 bits per heavy atom. The minimum absolute atomic E-state index is 0.248. The highest BCUT2D eigenvalue weighted by atomic mass is 16.6. The zero-order valence-electron chi connectivity index (χ0n) is 16.0. The molecule has 0 bridgehead atoms. The second kappa shape index (κ2) is 7.73. The molecule has 0 saturated heterocycles. The van der Waals surface area contributed by atoms with Crippen molar-refractivity contribution >= 4 is 11.9 Å². The van der Waals surface area contributed by atoms with Crippen LogP contribution in [0.25, 0.3) is 0 Å². The number of H-pyrrole nitrogens is 1. The lowest BCUT2D eigenvalue weighted by Crippen LogP contribution is -2.27. The number of aryl methyl sites for hydroxylation is 1. The number of rotatable bonds is 5. The standard InChI is InChI=1S/C20H24N2O5/c1-5-14-17(20(24)25-4)11(2)18(22-14)19(23)21-12(3)13-6-7-15-16(10-13)27-9-8-26-15/h6-7,10,12,22H,5,8-9H2,1-4H3,(H,21,23)/t12-/m1/s1. The average Bonchev–Trinajstić information content (AvgIpc) is 3.03. The molecule has 1 aromatic carbocycles. The van der Waals surface area contributed by atoms with Gasteiger partial charge in [-0.2, -0.15) is 0 Å². The van der Waals surface area contributed by atoms with Gasteiger partial charge in [0.2, 0.25) is 0 Å². The van der Waals surface area contributed by atoms with Gasteiger partial charge in [-0.3, -0.25) is 4.79 Å². The molecule has 2 aromatic rings. The number of ether oxygens (including phenoxy) is 3. The van der Waals surface area contributed by atoms with Gasteiger partial charge in [-0.05, 0) is 43.5 Å². The lowest BCUT2D eigenvalue weighted by atomic mass is 10.1. The van der Waals surface area contributed by atoms with Gasteiger partial charge in [0.15, 0.2) is 11.5 Å². The van der Waals surface area contributed by atoms with Crippen molar-refractivity contribution in [2.75, 3.05) is 20.3 Å². The summed E-state index contributed by atoms with van der Waals surface area (Å²) in [5.41, 5.74) is 2.98. The molecule has 7 nitrogen and oxygen atoms in total. The van der Waals surface area contributed by atoms with Crippen molar-refractivity contribution in [1.82, 2.24) is 10.3 Å². The third-order valence-electron chi connectivity index (χ3n) is 4.71. The molecule has 1 atom stereocenters. The van der Waals surface area contributed by atoms with Gasteiger partial charge in [0.05, 0.1) is 18.7 Å². The summed E-state index contributed by atoms with van der Waals surface area (Å²) >= 11 is 0. The summed E-state index contributed by atoms with van der Waals surface area (Å²) in [5.74, 6) is 0.662. The molecule has 0 saturated carbocycles. The molecule has 0 radical (unpaired) electrons. The summed E-state index contributed by atoms with van der Waals surface area (Å²) in [7, 11) is 1.33. The highest BCUT2D eigenvalue weighted by Gasteiger charge is 2.25. The fraction of sp³-hybridized carbons (Fsp3) is 0.400. The molecule has 1 aromatic heterocycles. The van der Waals surface area contributed by atoms with Gasteiger partial charge < -0.3 is 24.5 Å². The van der Waals surface area contributed by atoms with Crippen LogP contribution in [0.5, 0.6) is 11.5 Å². The Morgan fingerprint density at radius 2 is 1.96 bits per heavy atom. The Labute approximate surface area is 158 Å². The van der Waals surface area contributed by atoms with E-state index in [1.54, 1.807) is 6.92 Å². The number of esters is 1. The lowest BCUT2D eigenvalue weighted by molar-refractivity contribution is 0.0599. The van der Waals surface area contributed by atoms with Crippen LogP contribution in [0.4, 0.5) is 0 Å². The minimum atomic E-state index is -0.445. The summed E-state index contributed by atoms with van der Waals surface area (Å²) in [4.78, 5) is 27.9. The summed E-state index contributed by atoms with van der Waals surface area (Å²) < 4.78 is 16.0. The van der Waals surface area contributed by atoms with Crippen molar-refractivity contribution < 1.29 is 23.8 Å². The molecule has 0 unspecified atom stereocenters. The largest absolute Gasteiger partial charge is 0.486 e. The number of nitrogens with one attached hydrogen (secondary N) is 2. The van der Waals surface area contributed by atoms with Crippen LogP contribution in [0.15, 0.2) is 18.2 Å². The third kappa shape index (κ3) is 3.63. The van der Waals surface area contributed by atoms with E-state index in [4.69, 9.17) is 14.2 Å². The number of fused-ring (bicyclic) bond motifs is 1. The monoisotopic (exact) mass is 372 g/mol. The molecular weight excluding hydrogens is 348 g/mol. The number of hydrogen-bond donors (Lipinski definition) is 2. The maximum Gasteiger partial charge on any atom is 0.339 e. The topological polar surface area (TPSA) is 89.7 Å². The lowest BCUT2D eigenvalue weighted by Gasteiger charge is -2.21. The first-order valence-corrected chi connectivity index (χ1v) is 8.96. The van der Waals surface area contributed by atoms with Crippen LogP contribution in [0.1, 0.15) is 57.6 Å². The third-order valence-corrected chi connectivity index (χ3v) is 4.71. The zero-order chi connectivity index (χ0) is 19.6. The Morgan fingerprint density at radius 3 is 2.63 bits per heavy atom. The maximum atomic E-state index is 12.8. The predicted octanol–water partition coefficient (Wildman–Crippen LogP) is 2.93. The first kappa shape index (κ1) is 18.8. The van der Waals surface area contributed by atoms with Crippen LogP contribution in [-0.4, -0.2) is 37.2 Å². The number of aromatic amines is 1. The summed E-state index contributed by atoms with van der Waals surface area (Å²) in [6, 6.07) is 5.37. The van der Waals surface area contributed by atoms with E-state index in [1.165, 1.54) is 7.11 Å². The zero-order valence-corrected chi connectivity index (χ0v) is 16.0. The van der Waals surface area contributed by atoms with Crippen molar-refractivity contribution in [1.29, 1.82) is 0 Å². The van der Waals surface area contributed by atoms with Crippen LogP contribution in [-0.2, 0) is 11.2 Å². The van der Waals surface area contributed by atoms with E-state index in [1.807, 2.05) is 32.0 Å². The van der Waals surface area contributed by atoms with Crippen LogP contribution in [0.2, 0.25) is 0 Å². The fourth-order valence-electron chi connectivity index (χ4n) is 3.21. The normalized spacial score (nSPS) is 13.8. The molecule has 0 fully saturated rings. The van der Waals surface area contributed by atoms with Gasteiger partial charge in [0.25, 0.3) is 5.91 Å². The molecule has 1 amide bonds. The van der Waals surface area contributed by atoms with Crippen LogP contribution in [0, 0.1) is 6.92 Å². The summed E-state index contributed by atoms with van der Waals surface area (Å²) in [6.45, 7) is 6.59. The SMILES string of the molecule is CCc1[nH]c(C(=O)N[C@H](C)c2ccc3c(c2)OCCO3)c(C)c1C(=O)OC. The molecule has 0 aliphatic carbocycles. The van der Waals surface area contributed by atoms with Gasteiger partial charge >= 0.3 is 5.97 Å². The smallest absolute Gasteiger partial charge is 0.339 e. The highest BCUT2D eigenvalue weighted by molar-refractivity contribution is 6.00. The van der Waals surface area contributed by atoms with Crippen LogP contribution in [0.3, 0.4) is 0 Å². The minimum Gasteiger partial charge on any atom is -0.486 e. The molecule has 1 aliphatic rings. The van der Waals surface area contributed by atoms with E-state index >= 15 is 0 Å². The van der Waals surface area contributed by atoms with Crippen molar-refractivity contribution in [2.45, 2.75) is 33.2 Å². The Balaban J connectivity index is 1.81. The van der Waals surface area contributed by atoms with E-state index in [9.17, 15) is 9.59 Å². The number of hydrogen-bond acceptors (Lipinski definition) is 5. The molecule has 144 valence electrons. The summed E-state index contributed by atoms with van der Waals surface area (Å²) in [5, 5.41) is 2.96. The van der Waals surface area contributed by atoms with E-state index < -0.39 is 5.97 Å². The molecular formula is C20H24N2O5. The van der Waals surface area contributed by atoms with Crippen molar-refractivity contribution in [3.63, 3.8) is 0 Å². The van der Waals surface area contributed by atoms with E-state index in [0.29, 0.717) is 53.6 Å². The van der Waals surface area contributed by atoms with Gasteiger partial charge in [-0.25, -0.2) is 4.79 Å². The highest BCUT2D eigenvalue weighted by Crippen LogP contribution is 2.32. The van der Waals surface area contributed by atoms with Crippen molar-refractivity contribution in [3.05, 3.63) is 46.3 Å². The predicted molar refractivity (Wildman–Crippen MR) is 99.6 cm³/mol. The van der Waals surface area contributed by atoms with Crippen molar-refractivity contribution in [3.8, 4) is 11.5 Å². The quantitative estimate of drug-likeness (QED) is 0.788. The number of aromatic nitrogens is 1. The van der Waals surface area contributed by atoms with Crippen LogP contribution < -0.4 is 14.8 Å². The van der Waals surface area contributed by atoms with Gasteiger partial charge in [0.1, 0.15) is 18.9 Å².